The van der Waals surface area contributed by atoms with Crippen molar-refractivity contribution >= 4 is 22.0 Å². The van der Waals surface area contributed by atoms with Gasteiger partial charge in [0.15, 0.2) is 0 Å². The fourth-order valence-corrected chi connectivity index (χ4v) is 3.25. The van der Waals surface area contributed by atoms with Gasteiger partial charge in [-0.05, 0) is 42.8 Å². The van der Waals surface area contributed by atoms with E-state index >= 15 is 0 Å². The van der Waals surface area contributed by atoms with E-state index in [-0.39, 0.29) is 11.7 Å². The van der Waals surface area contributed by atoms with Crippen molar-refractivity contribution in [3.05, 3.63) is 22.3 Å². The zero-order valence-electron chi connectivity index (χ0n) is 13.2. The summed E-state index contributed by atoms with van der Waals surface area (Å²) in [5, 5.41) is 0. The molecule has 0 radical (unpaired) electrons. The van der Waals surface area contributed by atoms with Crippen molar-refractivity contribution in [3.63, 3.8) is 0 Å². The van der Waals surface area contributed by atoms with E-state index < -0.39 is 5.60 Å². The molecule has 1 aromatic rings. The quantitative estimate of drug-likeness (QED) is 0.657. The maximum Gasteiger partial charge on any atom is 0.410 e. The summed E-state index contributed by atoms with van der Waals surface area (Å²) in [6.07, 6.45) is 2.24. The number of amides is 1. The van der Waals surface area contributed by atoms with Gasteiger partial charge in [0.05, 0.1) is 0 Å². The van der Waals surface area contributed by atoms with Crippen LogP contribution in [0.2, 0.25) is 0 Å². The van der Waals surface area contributed by atoms with Crippen LogP contribution in [0, 0.1) is 0 Å². The van der Waals surface area contributed by atoms with E-state index in [0.717, 1.165) is 35.3 Å². The normalized spacial score (nSPS) is 19.7. The SMILES string of the molecule is CC(C)(C)OC(=O)N1CCC2(CC1)Cc1ccc(Br)nc1O2. The minimum Gasteiger partial charge on any atom is -0.470 e. The predicted molar refractivity (Wildman–Crippen MR) is 86.0 cm³/mol. The Kier molecular flexibility index (Phi) is 3.83. The summed E-state index contributed by atoms with van der Waals surface area (Å²) in [7, 11) is 0. The topological polar surface area (TPSA) is 51.7 Å². The summed E-state index contributed by atoms with van der Waals surface area (Å²) in [6.45, 7) is 6.97. The molecule has 0 aromatic carbocycles. The minimum atomic E-state index is -0.456. The van der Waals surface area contributed by atoms with Crippen LogP contribution in [0.1, 0.15) is 39.2 Å². The number of hydrogen-bond donors (Lipinski definition) is 0. The van der Waals surface area contributed by atoms with Gasteiger partial charge in [0, 0.05) is 37.9 Å². The van der Waals surface area contributed by atoms with Crippen molar-refractivity contribution in [2.24, 2.45) is 0 Å². The molecule has 22 heavy (non-hydrogen) atoms. The lowest BCUT2D eigenvalue weighted by molar-refractivity contribution is -0.00999. The lowest BCUT2D eigenvalue weighted by Crippen LogP contribution is -2.50. The van der Waals surface area contributed by atoms with E-state index in [1.54, 1.807) is 4.90 Å². The first kappa shape index (κ1) is 15.6. The number of rotatable bonds is 0. The molecular formula is C16H21BrN2O3. The Morgan fingerprint density at radius 2 is 2.05 bits per heavy atom. The van der Waals surface area contributed by atoms with Gasteiger partial charge in [0.2, 0.25) is 5.88 Å². The number of likely N-dealkylation sites (tertiary alicyclic amines) is 1. The van der Waals surface area contributed by atoms with E-state index in [1.165, 1.54) is 0 Å². The first-order valence-corrected chi connectivity index (χ1v) is 8.38. The Morgan fingerprint density at radius 3 is 2.68 bits per heavy atom. The molecule has 2 aliphatic rings. The highest BCUT2D eigenvalue weighted by atomic mass is 79.9. The number of carbonyl (C=O) groups is 1. The van der Waals surface area contributed by atoms with Gasteiger partial charge >= 0.3 is 6.09 Å². The van der Waals surface area contributed by atoms with Gasteiger partial charge in [-0.25, -0.2) is 9.78 Å². The molecule has 5 nitrogen and oxygen atoms in total. The molecule has 3 heterocycles. The first-order chi connectivity index (χ1) is 10.3. The standard InChI is InChI=1S/C16H21BrN2O3/c1-15(2,3)22-14(20)19-8-6-16(7-9-19)10-11-4-5-12(17)18-13(11)21-16/h4-5H,6-10H2,1-3H3. The number of piperidine rings is 1. The summed E-state index contributed by atoms with van der Waals surface area (Å²) in [5.74, 6) is 0.722. The number of fused-ring (bicyclic) bond motifs is 1. The summed E-state index contributed by atoms with van der Waals surface area (Å²) in [6, 6.07) is 4.00. The van der Waals surface area contributed by atoms with Gasteiger partial charge in [0.25, 0.3) is 0 Å². The van der Waals surface area contributed by atoms with Crippen molar-refractivity contribution in [1.82, 2.24) is 9.88 Å². The second kappa shape index (κ2) is 5.41. The van der Waals surface area contributed by atoms with Gasteiger partial charge in [-0.2, -0.15) is 0 Å². The Balaban J connectivity index is 1.62. The van der Waals surface area contributed by atoms with E-state index in [2.05, 4.69) is 27.0 Å². The van der Waals surface area contributed by atoms with Crippen LogP contribution in [-0.4, -0.2) is 40.3 Å². The molecule has 0 unspecified atom stereocenters. The second-order valence-electron chi connectivity index (χ2n) is 7.03. The van der Waals surface area contributed by atoms with Gasteiger partial charge in [-0.3, -0.25) is 0 Å². The van der Waals surface area contributed by atoms with Crippen LogP contribution in [0.25, 0.3) is 0 Å². The molecule has 1 spiro atoms. The third-order valence-corrected chi connectivity index (χ3v) is 4.50. The zero-order chi connectivity index (χ0) is 16.0. The number of nitrogens with zero attached hydrogens (tertiary/aromatic N) is 2. The summed E-state index contributed by atoms with van der Waals surface area (Å²) >= 11 is 3.37. The molecule has 0 atom stereocenters. The smallest absolute Gasteiger partial charge is 0.410 e. The second-order valence-corrected chi connectivity index (χ2v) is 7.84. The molecule has 1 amide bonds. The van der Waals surface area contributed by atoms with Crippen molar-refractivity contribution in [2.45, 2.75) is 51.2 Å². The van der Waals surface area contributed by atoms with Crippen molar-refractivity contribution < 1.29 is 14.3 Å². The molecular weight excluding hydrogens is 348 g/mol. The van der Waals surface area contributed by atoms with Crippen molar-refractivity contribution in [1.29, 1.82) is 0 Å². The summed E-state index contributed by atoms with van der Waals surface area (Å²) in [5.41, 5.74) is 0.478. The van der Waals surface area contributed by atoms with Gasteiger partial charge in [-0.1, -0.05) is 6.07 Å². The Hall–Kier alpha value is -1.30. The highest BCUT2D eigenvalue weighted by molar-refractivity contribution is 9.10. The van der Waals surface area contributed by atoms with Crippen LogP contribution in [0.5, 0.6) is 5.88 Å². The van der Waals surface area contributed by atoms with Crippen molar-refractivity contribution in [2.75, 3.05) is 13.1 Å². The molecule has 3 rings (SSSR count). The molecule has 0 aliphatic carbocycles. The zero-order valence-corrected chi connectivity index (χ0v) is 14.8. The predicted octanol–water partition coefficient (Wildman–Crippen LogP) is 3.55. The Bertz CT molecular complexity index is 590. The maximum absolute atomic E-state index is 12.1. The third kappa shape index (κ3) is 3.21. The molecule has 0 bridgehead atoms. The van der Waals surface area contributed by atoms with Crippen LogP contribution >= 0.6 is 15.9 Å². The average molecular weight is 369 g/mol. The molecule has 1 saturated heterocycles. The van der Waals surface area contributed by atoms with E-state index in [9.17, 15) is 4.79 Å². The lowest BCUT2D eigenvalue weighted by atomic mass is 9.87. The van der Waals surface area contributed by atoms with Crippen LogP contribution in [-0.2, 0) is 11.2 Å². The van der Waals surface area contributed by atoms with E-state index in [1.807, 2.05) is 26.8 Å². The number of carbonyl (C=O) groups excluding carboxylic acids is 1. The Morgan fingerprint density at radius 1 is 1.36 bits per heavy atom. The summed E-state index contributed by atoms with van der Waals surface area (Å²) in [4.78, 5) is 18.3. The van der Waals surface area contributed by atoms with Gasteiger partial charge in [0.1, 0.15) is 15.8 Å². The van der Waals surface area contributed by atoms with E-state index in [0.29, 0.717) is 13.1 Å². The largest absolute Gasteiger partial charge is 0.470 e. The van der Waals surface area contributed by atoms with Crippen LogP contribution in [0.15, 0.2) is 16.7 Å². The highest BCUT2D eigenvalue weighted by Crippen LogP contribution is 2.40. The molecule has 1 fully saturated rings. The fraction of sp³-hybridized carbons (Fsp3) is 0.625. The lowest BCUT2D eigenvalue weighted by Gasteiger charge is -2.38. The maximum atomic E-state index is 12.1. The first-order valence-electron chi connectivity index (χ1n) is 7.59. The molecule has 0 N–H and O–H groups in total. The molecule has 6 heteroatoms. The van der Waals surface area contributed by atoms with E-state index in [4.69, 9.17) is 9.47 Å². The van der Waals surface area contributed by atoms with Gasteiger partial charge in [-0.15, -0.1) is 0 Å². The average Bonchev–Trinajstić information content (AvgIpc) is 2.74. The Labute approximate surface area is 139 Å². The molecule has 120 valence electrons. The van der Waals surface area contributed by atoms with Crippen molar-refractivity contribution in [3.8, 4) is 5.88 Å². The molecule has 0 saturated carbocycles. The minimum absolute atomic E-state index is 0.214. The molecule has 2 aliphatic heterocycles. The molecule has 1 aromatic heterocycles. The number of pyridine rings is 1. The highest BCUT2D eigenvalue weighted by Gasteiger charge is 2.44. The van der Waals surface area contributed by atoms with Crippen LogP contribution < -0.4 is 4.74 Å². The van der Waals surface area contributed by atoms with Crippen LogP contribution in [0.4, 0.5) is 4.79 Å². The summed E-state index contributed by atoms with van der Waals surface area (Å²) < 4.78 is 12.3. The number of halogens is 1. The third-order valence-electron chi connectivity index (χ3n) is 4.06. The number of aromatic nitrogens is 1. The van der Waals surface area contributed by atoms with Gasteiger partial charge < -0.3 is 14.4 Å². The number of hydrogen-bond acceptors (Lipinski definition) is 4. The fourth-order valence-electron chi connectivity index (χ4n) is 2.96. The number of ether oxygens (including phenoxy) is 2. The van der Waals surface area contributed by atoms with Crippen LogP contribution in [0.3, 0.4) is 0 Å². The monoisotopic (exact) mass is 368 g/mol.